The Morgan fingerprint density at radius 3 is 2.14 bits per heavy atom. The van der Waals surface area contributed by atoms with E-state index in [4.69, 9.17) is 11.6 Å². The predicted molar refractivity (Wildman–Crippen MR) is 116 cm³/mol. The molecule has 0 fully saturated rings. The van der Waals surface area contributed by atoms with Crippen molar-refractivity contribution in [2.75, 3.05) is 6.54 Å². The molecule has 0 saturated carbocycles. The Morgan fingerprint density at radius 1 is 1.07 bits per heavy atom. The molecule has 0 unspecified atom stereocenters. The van der Waals surface area contributed by atoms with Gasteiger partial charge < -0.3 is 10.6 Å². The van der Waals surface area contributed by atoms with Gasteiger partial charge in [0.2, 0.25) is 5.91 Å². The Morgan fingerprint density at radius 2 is 1.66 bits per heavy atom. The molecule has 0 saturated heterocycles. The zero-order valence-corrected chi connectivity index (χ0v) is 17.2. The summed E-state index contributed by atoms with van der Waals surface area (Å²) in [5, 5.41) is 5.10. The van der Waals surface area contributed by atoms with Crippen molar-refractivity contribution in [3.63, 3.8) is 0 Å². The number of halogens is 2. The first-order valence-corrected chi connectivity index (χ1v) is 9.14. The van der Waals surface area contributed by atoms with Gasteiger partial charge in [0.05, 0.1) is 12.1 Å². The van der Waals surface area contributed by atoms with Crippen LogP contribution in [0.4, 0.5) is 4.39 Å². The Kier molecular flexibility index (Phi) is 10.1. The molecule has 0 heterocycles. The molecule has 29 heavy (non-hydrogen) atoms. The molecule has 2 rings (SSSR count). The summed E-state index contributed by atoms with van der Waals surface area (Å²) < 4.78 is 13.4. The van der Waals surface area contributed by atoms with Gasteiger partial charge in [-0.1, -0.05) is 72.8 Å². The SMILES string of the molecule is C=C(Cl)/C=C(/NC(=O)CNC(=O)c1ccccc1F)C(=C)C.Cc1ccccc1. The monoisotopic (exact) mass is 414 g/mol. The van der Waals surface area contributed by atoms with Crippen LogP contribution >= 0.6 is 11.6 Å². The fourth-order valence-corrected chi connectivity index (χ4v) is 2.16. The highest BCUT2D eigenvalue weighted by Gasteiger charge is 2.12. The van der Waals surface area contributed by atoms with Gasteiger partial charge in [-0.2, -0.15) is 0 Å². The van der Waals surface area contributed by atoms with Crippen molar-refractivity contribution < 1.29 is 14.0 Å². The van der Waals surface area contributed by atoms with E-state index in [1.807, 2.05) is 18.2 Å². The summed E-state index contributed by atoms with van der Waals surface area (Å²) in [7, 11) is 0. The summed E-state index contributed by atoms with van der Waals surface area (Å²) in [6.45, 7) is 10.6. The van der Waals surface area contributed by atoms with Crippen LogP contribution in [0.5, 0.6) is 0 Å². The topological polar surface area (TPSA) is 58.2 Å². The van der Waals surface area contributed by atoms with Crippen LogP contribution in [-0.4, -0.2) is 18.4 Å². The highest BCUT2D eigenvalue weighted by atomic mass is 35.5. The van der Waals surface area contributed by atoms with Crippen LogP contribution in [0.1, 0.15) is 22.8 Å². The molecule has 0 atom stereocenters. The van der Waals surface area contributed by atoms with Crippen molar-refractivity contribution in [2.45, 2.75) is 13.8 Å². The van der Waals surface area contributed by atoms with E-state index in [2.05, 4.69) is 42.8 Å². The van der Waals surface area contributed by atoms with E-state index in [0.717, 1.165) is 0 Å². The Bertz CT molecular complexity index is 908. The smallest absolute Gasteiger partial charge is 0.254 e. The van der Waals surface area contributed by atoms with Gasteiger partial charge in [-0.25, -0.2) is 4.39 Å². The summed E-state index contributed by atoms with van der Waals surface area (Å²) in [5.41, 5.74) is 2.17. The largest absolute Gasteiger partial charge is 0.343 e. The molecule has 2 aromatic carbocycles. The Hall–Kier alpha value is -3.18. The summed E-state index contributed by atoms with van der Waals surface area (Å²) >= 11 is 5.65. The normalized spacial score (nSPS) is 10.3. The highest BCUT2D eigenvalue weighted by molar-refractivity contribution is 6.30. The van der Waals surface area contributed by atoms with Gasteiger partial charge in [-0.15, -0.1) is 0 Å². The number of hydrogen-bond donors (Lipinski definition) is 2. The maximum absolute atomic E-state index is 13.4. The summed E-state index contributed by atoms with van der Waals surface area (Å²) in [6.07, 6.45) is 1.44. The third kappa shape index (κ3) is 9.53. The third-order valence-electron chi connectivity index (χ3n) is 3.50. The van der Waals surface area contributed by atoms with Crippen molar-refractivity contribution in [3.8, 4) is 0 Å². The maximum atomic E-state index is 13.4. The van der Waals surface area contributed by atoms with Gasteiger partial charge in [0.25, 0.3) is 5.91 Å². The fraction of sp³-hybridized carbons (Fsp3) is 0.130. The average Bonchev–Trinajstić information content (AvgIpc) is 2.66. The predicted octanol–water partition coefficient (Wildman–Crippen LogP) is 4.88. The second kappa shape index (κ2) is 12.3. The van der Waals surface area contributed by atoms with E-state index in [1.165, 1.54) is 35.9 Å². The van der Waals surface area contributed by atoms with Gasteiger partial charge in [-0.05, 0) is 37.6 Å². The molecule has 4 nitrogen and oxygen atoms in total. The van der Waals surface area contributed by atoms with Crippen molar-refractivity contribution in [2.24, 2.45) is 0 Å². The van der Waals surface area contributed by atoms with Gasteiger partial charge in [0.15, 0.2) is 0 Å². The van der Waals surface area contributed by atoms with Crippen LogP contribution in [0.25, 0.3) is 0 Å². The number of rotatable bonds is 6. The highest BCUT2D eigenvalue weighted by Crippen LogP contribution is 2.09. The van der Waals surface area contributed by atoms with E-state index < -0.39 is 17.6 Å². The lowest BCUT2D eigenvalue weighted by atomic mass is 10.2. The lowest BCUT2D eigenvalue weighted by molar-refractivity contribution is -0.119. The maximum Gasteiger partial charge on any atom is 0.254 e. The molecule has 2 N–H and O–H groups in total. The number of allylic oxidation sites excluding steroid dienone is 3. The Balaban J connectivity index is 0.000000502. The minimum atomic E-state index is -0.671. The molecule has 0 aliphatic carbocycles. The second-order valence-corrected chi connectivity index (χ2v) is 6.64. The molecular weight excluding hydrogens is 391 g/mol. The minimum Gasteiger partial charge on any atom is -0.343 e. The summed E-state index contributed by atoms with van der Waals surface area (Å²) in [5.74, 6) is -1.81. The van der Waals surface area contributed by atoms with E-state index >= 15 is 0 Å². The number of carbonyl (C=O) groups is 2. The number of carbonyl (C=O) groups excluding carboxylic acids is 2. The zero-order chi connectivity index (χ0) is 21.8. The van der Waals surface area contributed by atoms with Crippen molar-refractivity contribution in [3.05, 3.63) is 107 Å². The van der Waals surface area contributed by atoms with Crippen LogP contribution in [0.15, 0.2) is 90.1 Å². The molecule has 0 spiro atoms. The standard InChI is InChI=1S/C16H16ClFN2O2.C7H8/c1-10(2)14(8-11(3)17)20-15(21)9-19-16(22)12-6-4-5-7-13(12)18;1-7-5-3-2-4-6-7/h4-8H,1,3,9H2,2H3,(H,19,22)(H,20,21);2-6H,1H3/b14-8+;. The first kappa shape index (κ1) is 23.9. The molecule has 0 radical (unpaired) electrons. The first-order chi connectivity index (χ1) is 13.7. The molecule has 2 aromatic rings. The lowest BCUT2D eigenvalue weighted by Crippen LogP contribution is -2.37. The molecular formula is C23H24ClFN2O2. The van der Waals surface area contributed by atoms with E-state index in [9.17, 15) is 14.0 Å². The zero-order valence-electron chi connectivity index (χ0n) is 16.5. The van der Waals surface area contributed by atoms with Crippen LogP contribution in [-0.2, 0) is 4.79 Å². The van der Waals surface area contributed by atoms with Crippen molar-refractivity contribution in [1.82, 2.24) is 10.6 Å². The molecule has 6 heteroatoms. The molecule has 0 aromatic heterocycles. The number of benzene rings is 2. The van der Waals surface area contributed by atoms with E-state index in [-0.39, 0.29) is 17.1 Å². The van der Waals surface area contributed by atoms with Gasteiger partial charge in [0.1, 0.15) is 5.82 Å². The number of amides is 2. The molecule has 0 aliphatic heterocycles. The first-order valence-electron chi connectivity index (χ1n) is 8.77. The van der Waals surface area contributed by atoms with Gasteiger partial charge in [0, 0.05) is 10.7 Å². The molecule has 0 bridgehead atoms. The quantitative estimate of drug-likeness (QED) is 0.662. The lowest BCUT2D eigenvalue weighted by Gasteiger charge is -2.10. The average molecular weight is 415 g/mol. The summed E-state index contributed by atoms with van der Waals surface area (Å²) in [4.78, 5) is 23.6. The number of aryl methyl sites for hydroxylation is 1. The summed E-state index contributed by atoms with van der Waals surface area (Å²) in [6, 6.07) is 15.8. The fourth-order valence-electron chi connectivity index (χ4n) is 2.05. The number of hydrogen-bond acceptors (Lipinski definition) is 2. The molecule has 152 valence electrons. The van der Waals surface area contributed by atoms with Crippen molar-refractivity contribution >= 4 is 23.4 Å². The van der Waals surface area contributed by atoms with E-state index in [1.54, 1.807) is 6.92 Å². The minimum absolute atomic E-state index is 0.125. The van der Waals surface area contributed by atoms with Crippen LogP contribution in [0.2, 0.25) is 0 Å². The number of nitrogens with one attached hydrogen (secondary N) is 2. The van der Waals surface area contributed by atoms with Crippen LogP contribution in [0.3, 0.4) is 0 Å². The van der Waals surface area contributed by atoms with Gasteiger partial charge >= 0.3 is 0 Å². The van der Waals surface area contributed by atoms with Crippen LogP contribution in [0, 0.1) is 12.7 Å². The van der Waals surface area contributed by atoms with Crippen molar-refractivity contribution in [1.29, 1.82) is 0 Å². The third-order valence-corrected chi connectivity index (χ3v) is 3.61. The Labute approximate surface area is 175 Å². The van der Waals surface area contributed by atoms with Crippen LogP contribution < -0.4 is 10.6 Å². The van der Waals surface area contributed by atoms with Gasteiger partial charge in [-0.3, -0.25) is 9.59 Å². The van der Waals surface area contributed by atoms with E-state index in [0.29, 0.717) is 11.3 Å². The molecule has 2 amide bonds. The second-order valence-electron chi connectivity index (χ2n) is 6.15. The molecule has 0 aliphatic rings.